The number of unbranched alkanes of at least 4 members (excludes halogenated alkanes) is 1. The molecule has 2 saturated heterocycles. The van der Waals surface area contributed by atoms with Crippen LogP contribution in [0.2, 0.25) is 0 Å². The van der Waals surface area contributed by atoms with Crippen molar-refractivity contribution in [2.75, 3.05) is 20.3 Å². The van der Waals surface area contributed by atoms with E-state index in [0.29, 0.717) is 19.3 Å². The van der Waals surface area contributed by atoms with Crippen LogP contribution in [-0.4, -0.2) is 62.3 Å². The molecule has 42 heavy (non-hydrogen) atoms. The third-order valence-corrected chi connectivity index (χ3v) is 9.92. The second-order valence-electron chi connectivity index (χ2n) is 12.6. The fraction of sp³-hybridized carbons (Fsp3) is 0.857. The maximum atomic E-state index is 11.4. The van der Waals surface area contributed by atoms with Gasteiger partial charge in [0.1, 0.15) is 0 Å². The Morgan fingerprint density at radius 3 is 2.31 bits per heavy atom. The van der Waals surface area contributed by atoms with Gasteiger partial charge in [-0.05, 0) is 88.4 Å². The lowest BCUT2D eigenvalue weighted by Gasteiger charge is -2.41. The largest absolute Gasteiger partial charge is 0.469 e. The number of aliphatic hydroxyl groups excluding tert-OH is 1. The average molecular weight is 593 g/mol. The first-order valence-electron chi connectivity index (χ1n) is 17.1. The average Bonchev–Trinajstić information content (AvgIpc) is 3.31. The molecule has 0 aromatic heterocycles. The first-order chi connectivity index (χ1) is 20.5. The highest BCUT2D eigenvalue weighted by atomic mass is 16.7. The Morgan fingerprint density at radius 2 is 1.69 bits per heavy atom. The van der Waals surface area contributed by atoms with Gasteiger partial charge in [-0.3, -0.25) is 4.79 Å². The summed E-state index contributed by atoms with van der Waals surface area (Å²) < 4.78 is 30.1. The molecule has 2 heterocycles. The molecule has 3 rings (SSSR count). The summed E-state index contributed by atoms with van der Waals surface area (Å²) in [6.07, 6.45) is 23.1. The van der Waals surface area contributed by atoms with Crippen LogP contribution in [0.25, 0.3) is 0 Å². The van der Waals surface area contributed by atoms with Crippen molar-refractivity contribution in [1.29, 1.82) is 0 Å². The Labute approximate surface area is 255 Å². The number of allylic oxidation sites excluding steroid dienone is 2. The molecule has 1 aliphatic carbocycles. The minimum absolute atomic E-state index is 0.0469. The lowest BCUT2D eigenvalue weighted by Crippen LogP contribution is -2.40. The van der Waals surface area contributed by atoms with Gasteiger partial charge in [-0.1, -0.05) is 57.9 Å². The molecule has 0 aromatic rings. The van der Waals surface area contributed by atoms with E-state index in [0.717, 1.165) is 83.8 Å². The number of carbonyl (C=O) groups is 1. The van der Waals surface area contributed by atoms with Crippen LogP contribution in [-0.2, 0) is 28.5 Å². The Hall–Kier alpha value is -1.25. The zero-order valence-electron chi connectivity index (χ0n) is 27.0. The van der Waals surface area contributed by atoms with E-state index < -0.39 is 6.10 Å². The molecule has 7 heteroatoms. The normalized spacial score (nSPS) is 29.8. The highest BCUT2D eigenvalue weighted by molar-refractivity contribution is 5.69. The van der Waals surface area contributed by atoms with Crippen molar-refractivity contribution >= 4 is 5.97 Å². The molecule has 0 amide bonds. The van der Waals surface area contributed by atoms with E-state index in [-0.39, 0.29) is 48.0 Å². The topological polar surface area (TPSA) is 83.5 Å². The summed E-state index contributed by atoms with van der Waals surface area (Å²) in [5.74, 6) is -0.0320. The second-order valence-corrected chi connectivity index (χ2v) is 12.6. The molecule has 2 aliphatic heterocycles. The molecule has 7 nitrogen and oxygen atoms in total. The SMILES string of the molecule is CCCCC(CC)(CC)[C@@H](C=C[C@@H]1[C@@H](CCC=CCCC(=O)OC)[C@@H](O)C[C@H]1OC1CCCCO1)OC1CCCCO1. The van der Waals surface area contributed by atoms with Crippen molar-refractivity contribution in [2.24, 2.45) is 17.3 Å². The quantitative estimate of drug-likeness (QED) is 0.129. The van der Waals surface area contributed by atoms with E-state index in [1.165, 1.54) is 20.0 Å². The van der Waals surface area contributed by atoms with Gasteiger partial charge in [0, 0.05) is 32.0 Å². The van der Waals surface area contributed by atoms with E-state index in [1.807, 2.05) is 6.08 Å². The Balaban J connectivity index is 1.80. The summed E-state index contributed by atoms with van der Waals surface area (Å²) >= 11 is 0. The Kier molecular flexibility index (Phi) is 16.1. The smallest absolute Gasteiger partial charge is 0.305 e. The summed E-state index contributed by atoms with van der Waals surface area (Å²) in [6, 6.07) is 0. The van der Waals surface area contributed by atoms with Crippen LogP contribution >= 0.6 is 0 Å². The van der Waals surface area contributed by atoms with Crippen LogP contribution in [0.5, 0.6) is 0 Å². The molecular formula is C35H60O7. The molecule has 3 aliphatic rings. The first-order valence-corrected chi connectivity index (χ1v) is 17.1. The second kappa shape index (κ2) is 19.2. The molecule has 2 unspecified atom stereocenters. The lowest BCUT2D eigenvalue weighted by molar-refractivity contribution is -0.203. The van der Waals surface area contributed by atoms with Gasteiger partial charge >= 0.3 is 5.97 Å². The minimum atomic E-state index is -0.431. The van der Waals surface area contributed by atoms with Crippen LogP contribution in [0.15, 0.2) is 24.3 Å². The Bertz CT molecular complexity index is 795. The van der Waals surface area contributed by atoms with Gasteiger partial charge in [-0.25, -0.2) is 0 Å². The number of esters is 1. The number of hydrogen-bond donors (Lipinski definition) is 1. The summed E-state index contributed by atoms with van der Waals surface area (Å²) in [5.41, 5.74) is 0.0469. The molecule has 7 atom stereocenters. The minimum Gasteiger partial charge on any atom is -0.469 e. The van der Waals surface area contributed by atoms with Gasteiger partial charge in [-0.15, -0.1) is 0 Å². The molecule has 0 radical (unpaired) electrons. The van der Waals surface area contributed by atoms with E-state index in [2.05, 4.69) is 39.0 Å². The molecule has 0 bridgehead atoms. The fourth-order valence-electron chi connectivity index (χ4n) is 7.02. The van der Waals surface area contributed by atoms with E-state index >= 15 is 0 Å². The van der Waals surface area contributed by atoms with Gasteiger partial charge in [-0.2, -0.15) is 0 Å². The maximum absolute atomic E-state index is 11.4. The van der Waals surface area contributed by atoms with Crippen molar-refractivity contribution in [3.05, 3.63) is 24.3 Å². The summed E-state index contributed by atoms with van der Waals surface area (Å²) in [4.78, 5) is 11.4. The third-order valence-electron chi connectivity index (χ3n) is 9.92. The lowest BCUT2D eigenvalue weighted by atomic mass is 9.72. The van der Waals surface area contributed by atoms with Crippen molar-refractivity contribution in [3.8, 4) is 0 Å². The monoisotopic (exact) mass is 592 g/mol. The van der Waals surface area contributed by atoms with E-state index in [1.54, 1.807) is 0 Å². The molecule has 1 saturated carbocycles. The Morgan fingerprint density at radius 1 is 1.00 bits per heavy atom. The molecule has 3 fully saturated rings. The summed E-state index contributed by atoms with van der Waals surface area (Å²) in [5, 5.41) is 11.3. The standard InChI is InChI=1S/C35H60O7/c1-5-8-23-35(6-2,7-3)31(42-34-20-14-16-25-40-34)22-21-28-27(17-11-9-10-12-18-32(37)38-4)29(36)26-30(28)41-33-19-13-15-24-39-33/h9-10,21-22,27-31,33-34,36H,5-8,11-20,23-26H2,1-4H3/t27-,28-,29+,30-,31-,33?,34?/m1/s1. The van der Waals surface area contributed by atoms with Crippen molar-refractivity contribution in [3.63, 3.8) is 0 Å². The van der Waals surface area contributed by atoms with Crippen LogP contribution in [0.4, 0.5) is 0 Å². The van der Waals surface area contributed by atoms with Crippen LogP contribution in [0, 0.1) is 17.3 Å². The van der Waals surface area contributed by atoms with Crippen LogP contribution in [0.1, 0.15) is 124 Å². The number of aliphatic hydroxyl groups is 1. The van der Waals surface area contributed by atoms with Crippen molar-refractivity contribution in [2.45, 2.75) is 154 Å². The highest BCUT2D eigenvalue weighted by Crippen LogP contribution is 2.43. The van der Waals surface area contributed by atoms with Gasteiger partial charge in [0.15, 0.2) is 12.6 Å². The number of rotatable bonds is 18. The molecule has 242 valence electrons. The first kappa shape index (κ1) is 35.2. The van der Waals surface area contributed by atoms with Crippen LogP contribution in [0.3, 0.4) is 0 Å². The van der Waals surface area contributed by atoms with Gasteiger partial charge < -0.3 is 28.8 Å². The predicted octanol–water partition coefficient (Wildman–Crippen LogP) is 7.65. The van der Waals surface area contributed by atoms with Crippen LogP contribution < -0.4 is 0 Å². The van der Waals surface area contributed by atoms with E-state index in [4.69, 9.17) is 23.7 Å². The number of ether oxygens (including phenoxy) is 5. The molecule has 0 spiro atoms. The van der Waals surface area contributed by atoms with Gasteiger partial charge in [0.2, 0.25) is 0 Å². The zero-order chi connectivity index (χ0) is 30.2. The summed E-state index contributed by atoms with van der Waals surface area (Å²) in [7, 11) is 1.42. The van der Waals surface area contributed by atoms with Crippen molar-refractivity contribution in [1.82, 2.24) is 0 Å². The molecule has 1 N–H and O–H groups in total. The number of carbonyl (C=O) groups excluding carboxylic acids is 1. The zero-order valence-corrected chi connectivity index (χ0v) is 27.0. The third kappa shape index (κ3) is 10.7. The molecule has 0 aromatic carbocycles. The predicted molar refractivity (Wildman–Crippen MR) is 166 cm³/mol. The van der Waals surface area contributed by atoms with Gasteiger partial charge in [0.05, 0.1) is 25.4 Å². The number of hydrogen-bond acceptors (Lipinski definition) is 7. The maximum Gasteiger partial charge on any atom is 0.305 e. The fourth-order valence-corrected chi connectivity index (χ4v) is 7.02. The van der Waals surface area contributed by atoms with Crippen molar-refractivity contribution < 1.29 is 33.6 Å². The summed E-state index contributed by atoms with van der Waals surface area (Å²) in [6.45, 7) is 8.36. The molecular weight excluding hydrogens is 532 g/mol. The number of methoxy groups -OCH3 is 1. The highest BCUT2D eigenvalue weighted by Gasteiger charge is 2.43. The van der Waals surface area contributed by atoms with Gasteiger partial charge in [0.25, 0.3) is 0 Å². The van der Waals surface area contributed by atoms with E-state index in [9.17, 15) is 9.90 Å².